The summed E-state index contributed by atoms with van der Waals surface area (Å²) in [6.45, 7) is 8.25. The highest BCUT2D eigenvalue weighted by Crippen LogP contribution is 2.31. The lowest BCUT2D eigenvalue weighted by Gasteiger charge is -2.38. The predicted octanol–water partition coefficient (Wildman–Crippen LogP) is 4.63. The molecule has 0 unspecified atom stereocenters. The SMILES string of the molecule is CC(C)(C)C(=O)N[C@@H](CCN1CCC2(CC1)NC(=O)N(Cc1ccc(Br)cc1)C2=O)c1ccccc1. The highest BCUT2D eigenvalue weighted by Gasteiger charge is 2.52. The molecule has 8 heteroatoms. The van der Waals surface area contributed by atoms with Crippen molar-refractivity contribution in [3.8, 4) is 0 Å². The number of carbonyl (C=O) groups is 3. The van der Waals surface area contributed by atoms with Crippen molar-refractivity contribution < 1.29 is 14.4 Å². The lowest BCUT2D eigenvalue weighted by Crippen LogP contribution is -2.55. The fourth-order valence-corrected chi connectivity index (χ4v) is 5.05. The highest BCUT2D eigenvalue weighted by molar-refractivity contribution is 9.10. The Kier molecular flexibility index (Phi) is 7.85. The van der Waals surface area contributed by atoms with Crippen molar-refractivity contribution in [2.75, 3.05) is 19.6 Å². The molecule has 2 aromatic carbocycles. The van der Waals surface area contributed by atoms with Gasteiger partial charge in [0.15, 0.2) is 0 Å². The number of imide groups is 1. The number of nitrogens with zero attached hydrogens (tertiary/aromatic N) is 2. The third-order valence-corrected chi connectivity index (χ3v) is 7.66. The van der Waals surface area contributed by atoms with Gasteiger partial charge in [0.05, 0.1) is 12.6 Å². The molecule has 0 radical (unpaired) electrons. The van der Waals surface area contributed by atoms with Gasteiger partial charge in [-0.25, -0.2) is 4.79 Å². The molecule has 0 aromatic heterocycles. The van der Waals surface area contributed by atoms with Crippen LogP contribution in [-0.2, 0) is 16.1 Å². The number of nitrogens with one attached hydrogen (secondary N) is 2. The molecule has 7 nitrogen and oxygen atoms in total. The van der Waals surface area contributed by atoms with E-state index in [1.165, 1.54) is 4.90 Å². The summed E-state index contributed by atoms with van der Waals surface area (Å²) in [4.78, 5) is 42.4. The monoisotopic (exact) mass is 554 g/mol. The van der Waals surface area contributed by atoms with E-state index in [9.17, 15) is 14.4 Å². The summed E-state index contributed by atoms with van der Waals surface area (Å²) in [7, 11) is 0. The quantitative estimate of drug-likeness (QED) is 0.489. The molecule has 2 saturated heterocycles. The standard InChI is InChI=1S/C28H35BrN4O3/c1-27(2,3)24(34)30-23(21-7-5-4-6-8-21)13-16-32-17-14-28(15-18-32)25(35)33(26(36)31-28)19-20-9-11-22(29)12-10-20/h4-12,23H,13-19H2,1-3H3,(H,30,34)(H,31,36)/t23-/m0/s1. The summed E-state index contributed by atoms with van der Waals surface area (Å²) in [5, 5.41) is 6.22. The number of hydrogen-bond acceptors (Lipinski definition) is 4. The number of benzene rings is 2. The molecule has 36 heavy (non-hydrogen) atoms. The number of halogens is 1. The average Bonchev–Trinajstić information content (AvgIpc) is 3.07. The van der Waals surface area contributed by atoms with Crippen LogP contribution in [-0.4, -0.2) is 52.8 Å². The summed E-state index contributed by atoms with van der Waals surface area (Å²) in [6.07, 6.45) is 1.94. The summed E-state index contributed by atoms with van der Waals surface area (Å²) < 4.78 is 0.958. The normalized spacial score (nSPS) is 18.8. The summed E-state index contributed by atoms with van der Waals surface area (Å²) in [5.41, 5.74) is 0.724. The maximum absolute atomic E-state index is 13.3. The molecule has 4 rings (SSSR count). The molecule has 2 N–H and O–H groups in total. The Bertz CT molecular complexity index is 1090. The molecular formula is C28H35BrN4O3. The molecule has 2 aromatic rings. The van der Waals surface area contributed by atoms with Gasteiger partial charge in [0.25, 0.3) is 5.91 Å². The molecule has 2 fully saturated rings. The van der Waals surface area contributed by atoms with E-state index in [1.54, 1.807) is 0 Å². The minimum Gasteiger partial charge on any atom is -0.349 e. The first-order chi connectivity index (χ1) is 17.1. The number of urea groups is 1. The maximum atomic E-state index is 13.3. The first-order valence-corrected chi connectivity index (χ1v) is 13.3. The van der Waals surface area contributed by atoms with Gasteiger partial charge in [0.2, 0.25) is 5.91 Å². The summed E-state index contributed by atoms with van der Waals surface area (Å²) in [6, 6.07) is 17.3. The summed E-state index contributed by atoms with van der Waals surface area (Å²) in [5.74, 6) is -0.103. The fourth-order valence-electron chi connectivity index (χ4n) is 4.78. The van der Waals surface area contributed by atoms with Gasteiger partial charge in [0, 0.05) is 29.5 Å². The van der Waals surface area contributed by atoms with Crippen molar-refractivity contribution >= 4 is 33.8 Å². The van der Waals surface area contributed by atoms with E-state index in [1.807, 2.05) is 75.4 Å². The lowest BCUT2D eigenvalue weighted by atomic mass is 9.87. The van der Waals surface area contributed by atoms with Gasteiger partial charge in [0.1, 0.15) is 5.54 Å². The number of amides is 4. The summed E-state index contributed by atoms with van der Waals surface area (Å²) >= 11 is 3.41. The topological polar surface area (TPSA) is 81.8 Å². The largest absolute Gasteiger partial charge is 0.349 e. The number of piperidine rings is 1. The Hall–Kier alpha value is -2.71. The Labute approximate surface area is 221 Å². The van der Waals surface area contributed by atoms with Gasteiger partial charge in [-0.15, -0.1) is 0 Å². The van der Waals surface area contributed by atoms with Gasteiger partial charge >= 0.3 is 6.03 Å². The van der Waals surface area contributed by atoms with Crippen molar-refractivity contribution in [3.63, 3.8) is 0 Å². The van der Waals surface area contributed by atoms with E-state index in [0.717, 1.165) is 28.6 Å². The van der Waals surface area contributed by atoms with Gasteiger partial charge < -0.3 is 15.5 Å². The van der Waals surface area contributed by atoms with Crippen molar-refractivity contribution in [1.29, 1.82) is 0 Å². The zero-order valence-corrected chi connectivity index (χ0v) is 22.8. The lowest BCUT2D eigenvalue weighted by molar-refractivity contribution is -0.133. The minimum absolute atomic E-state index is 0.0269. The highest BCUT2D eigenvalue weighted by atomic mass is 79.9. The Morgan fingerprint density at radius 2 is 1.69 bits per heavy atom. The third kappa shape index (κ3) is 5.98. The van der Waals surface area contributed by atoms with Crippen LogP contribution in [0.2, 0.25) is 0 Å². The first-order valence-electron chi connectivity index (χ1n) is 12.5. The molecular weight excluding hydrogens is 520 g/mol. The molecule has 0 saturated carbocycles. The molecule has 0 aliphatic carbocycles. The van der Waals surface area contributed by atoms with E-state index >= 15 is 0 Å². The van der Waals surface area contributed by atoms with Crippen LogP contribution in [0.5, 0.6) is 0 Å². The van der Waals surface area contributed by atoms with E-state index < -0.39 is 11.0 Å². The second-order valence-electron chi connectivity index (χ2n) is 10.8. The zero-order valence-electron chi connectivity index (χ0n) is 21.2. The Balaban J connectivity index is 1.35. The molecule has 0 bridgehead atoms. The van der Waals surface area contributed by atoms with Gasteiger partial charge in [-0.3, -0.25) is 14.5 Å². The van der Waals surface area contributed by atoms with Gasteiger partial charge in [-0.2, -0.15) is 0 Å². The van der Waals surface area contributed by atoms with Crippen LogP contribution >= 0.6 is 15.9 Å². The van der Waals surface area contributed by atoms with Crippen molar-refractivity contribution in [2.45, 2.75) is 58.2 Å². The zero-order chi connectivity index (χ0) is 25.9. The fraction of sp³-hybridized carbons (Fsp3) is 0.464. The number of hydrogen-bond donors (Lipinski definition) is 2. The minimum atomic E-state index is -0.817. The van der Waals surface area contributed by atoms with Gasteiger partial charge in [-0.1, -0.05) is 79.2 Å². The van der Waals surface area contributed by atoms with Crippen LogP contribution in [0.15, 0.2) is 59.1 Å². The molecule has 192 valence electrons. The average molecular weight is 556 g/mol. The van der Waals surface area contributed by atoms with E-state index in [0.29, 0.717) is 25.9 Å². The van der Waals surface area contributed by atoms with Crippen LogP contribution in [0.25, 0.3) is 0 Å². The van der Waals surface area contributed by atoms with E-state index in [2.05, 4.69) is 31.5 Å². The second-order valence-corrected chi connectivity index (χ2v) is 11.8. The number of likely N-dealkylation sites (tertiary alicyclic amines) is 1. The van der Waals surface area contributed by atoms with Crippen LogP contribution in [0.3, 0.4) is 0 Å². The number of carbonyl (C=O) groups excluding carboxylic acids is 3. The number of rotatable bonds is 7. The molecule has 1 spiro atoms. The van der Waals surface area contributed by atoms with Crippen LogP contribution in [0.1, 0.15) is 57.2 Å². The third-order valence-electron chi connectivity index (χ3n) is 7.13. The van der Waals surface area contributed by atoms with E-state index in [-0.39, 0.29) is 30.4 Å². The maximum Gasteiger partial charge on any atom is 0.325 e. The Morgan fingerprint density at radius 1 is 1.06 bits per heavy atom. The molecule has 1 atom stereocenters. The Morgan fingerprint density at radius 3 is 2.31 bits per heavy atom. The van der Waals surface area contributed by atoms with Crippen LogP contribution in [0.4, 0.5) is 4.79 Å². The molecule has 2 aliphatic rings. The molecule has 2 heterocycles. The predicted molar refractivity (Wildman–Crippen MR) is 143 cm³/mol. The smallest absolute Gasteiger partial charge is 0.325 e. The van der Waals surface area contributed by atoms with Crippen LogP contribution < -0.4 is 10.6 Å². The van der Waals surface area contributed by atoms with Crippen LogP contribution in [0, 0.1) is 5.41 Å². The second kappa shape index (κ2) is 10.7. The van der Waals surface area contributed by atoms with Crippen molar-refractivity contribution in [1.82, 2.24) is 20.4 Å². The van der Waals surface area contributed by atoms with Crippen molar-refractivity contribution in [2.24, 2.45) is 5.41 Å². The molecule has 2 aliphatic heterocycles. The van der Waals surface area contributed by atoms with Gasteiger partial charge in [-0.05, 0) is 42.5 Å². The van der Waals surface area contributed by atoms with Crippen molar-refractivity contribution in [3.05, 3.63) is 70.2 Å². The molecule has 4 amide bonds. The van der Waals surface area contributed by atoms with E-state index in [4.69, 9.17) is 0 Å². The first kappa shape index (κ1) is 26.4.